The smallest absolute Gasteiger partial charge is 0.302 e. The summed E-state index contributed by atoms with van der Waals surface area (Å²) in [5, 5.41) is 0. The van der Waals surface area contributed by atoms with Gasteiger partial charge in [-0.15, -0.1) is 0 Å². The van der Waals surface area contributed by atoms with Crippen molar-refractivity contribution >= 4 is 11.9 Å². The summed E-state index contributed by atoms with van der Waals surface area (Å²) in [5.74, 6) is 1.92. The number of nitrogens with zero attached hydrogens (tertiary/aromatic N) is 1. The van der Waals surface area contributed by atoms with E-state index in [0.717, 1.165) is 44.2 Å². The van der Waals surface area contributed by atoms with Gasteiger partial charge in [0.05, 0.1) is 0 Å². The Morgan fingerprint density at radius 2 is 1.81 bits per heavy atom. The summed E-state index contributed by atoms with van der Waals surface area (Å²) in [6, 6.07) is 4.30. The summed E-state index contributed by atoms with van der Waals surface area (Å²) in [6.07, 6.45) is 11.7. The number of ether oxygens (including phenoxy) is 2. The van der Waals surface area contributed by atoms with Crippen molar-refractivity contribution in [2.45, 2.75) is 105 Å². The molecule has 0 amide bonds. The molecule has 0 spiro atoms. The lowest BCUT2D eigenvalue weighted by molar-refractivity contribution is -0.150. The maximum absolute atomic E-state index is 12.2. The number of rotatable bonds is 4. The van der Waals surface area contributed by atoms with E-state index in [4.69, 9.17) is 14.5 Å². The van der Waals surface area contributed by atoms with Crippen LogP contribution in [0.1, 0.15) is 96.7 Å². The number of aryl methyl sites for hydroxylation is 1. The minimum Gasteiger partial charge on any atom is -0.462 e. The van der Waals surface area contributed by atoms with Crippen molar-refractivity contribution < 1.29 is 19.1 Å². The molecule has 1 heterocycles. The Morgan fingerprint density at radius 3 is 2.47 bits per heavy atom. The lowest BCUT2D eigenvalue weighted by atomic mass is 9.47. The Kier molecular flexibility index (Phi) is 6.58. The number of carbonyl (C=O) groups excluding carboxylic acids is 2. The summed E-state index contributed by atoms with van der Waals surface area (Å²) in [6.45, 7) is 12.4. The number of fused-ring (bicyclic) bond motifs is 5. The molecule has 5 nitrogen and oxygen atoms in total. The summed E-state index contributed by atoms with van der Waals surface area (Å²) >= 11 is 0. The Labute approximate surface area is 216 Å². The largest absolute Gasteiger partial charge is 0.462 e. The first kappa shape index (κ1) is 25.5. The Morgan fingerprint density at radius 1 is 1.06 bits per heavy atom. The Hall–Kier alpha value is -2.17. The van der Waals surface area contributed by atoms with Gasteiger partial charge >= 0.3 is 11.9 Å². The van der Waals surface area contributed by atoms with Gasteiger partial charge in [0, 0.05) is 44.0 Å². The van der Waals surface area contributed by atoms with E-state index in [2.05, 4.69) is 45.9 Å². The number of hydrogen-bond donors (Lipinski definition) is 0. The van der Waals surface area contributed by atoms with Crippen molar-refractivity contribution in [1.82, 2.24) is 4.98 Å². The van der Waals surface area contributed by atoms with Crippen LogP contribution in [-0.2, 0) is 19.1 Å². The normalized spacial score (nSPS) is 40.2. The van der Waals surface area contributed by atoms with Crippen LogP contribution >= 0.6 is 0 Å². The summed E-state index contributed by atoms with van der Waals surface area (Å²) in [5.41, 5.74) is 4.07. The van der Waals surface area contributed by atoms with E-state index in [0.29, 0.717) is 17.8 Å². The Balaban J connectivity index is 1.45. The highest BCUT2D eigenvalue weighted by molar-refractivity contribution is 5.66. The van der Waals surface area contributed by atoms with Gasteiger partial charge in [0.2, 0.25) is 0 Å². The van der Waals surface area contributed by atoms with Crippen LogP contribution in [0.5, 0.6) is 0 Å². The first-order valence-corrected chi connectivity index (χ1v) is 14.0. The number of carbonyl (C=O) groups is 2. The van der Waals surface area contributed by atoms with Gasteiger partial charge in [-0.05, 0) is 85.7 Å². The lowest BCUT2D eigenvalue weighted by Gasteiger charge is -2.58. The van der Waals surface area contributed by atoms with Crippen molar-refractivity contribution in [3.8, 4) is 0 Å². The zero-order valence-electron chi connectivity index (χ0n) is 22.9. The Bertz CT molecular complexity index is 1050. The lowest BCUT2D eigenvalue weighted by Crippen LogP contribution is -2.51. The molecule has 4 aliphatic carbocycles. The van der Waals surface area contributed by atoms with E-state index in [1.54, 1.807) is 6.92 Å². The van der Waals surface area contributed by atoms with Gasteiger partial charge in [0.25, 0.3) is 0 Å². The van der Waals surface area contributed by atoms with Crippen molar-refractivity contribution in [2.24, 2.45) is 34.5 Å². The molecule has 0 unspecified atom stereocenters. The molecular formula is C31H43NO4. The fourth-order valence-electron chi connectivity index (χ4n) is 9.15. The van der Waals surface area contributed by atoms with Crippen molar-refractivity contribution in [2.75, 3.05) is 0 Å². The third-order valence-corrected chi connectivity index (χ3v) is 10.7. The summed E-state index contributed by atoms with van der Waals surface area (Å²) in [4.78, 5) is 28.6. The summed E-state index contributed by atoms with van der Waals surface area (Å²) < 4.78 is 11.7. The zero-order valence-corrected chi connectivity index (χ0v) is 22.9. The van der Waals surface area contributed by atoms with Crippen LogP contribution in [0.4, 0.5) is 0 Å². The van der Waals surface area contributed by atoms with E-state index >= 15 is 0 Å². The van der Waals surface area contributed by atoms with Gasteiger partial charge in [-0.1, -0.05) is 38.5 Å². The third-order valence-electron chi connectivity index (χ3n) is 10.7. The molecule has 0 aromatic carbocycles. The maximum Gasteiger partial charge on any atom is 0.302 e. The predicted octanol–water partition coefficient (Wildman–Crippen LogP) is 6.55. The van der Waals surface area contributed by atoms with Crippen LogP contribution in [0, 0.1) is 41.4 Å². The number of aromatic nitrogens is 1. The molecule has 0 aliphatic heterocycles. The number of pyridine rings is 1. The fourth-order valence-corrected chi connectivity index (χ4v) is 9.15. The van der Waals surface area contributed by atoms with Gasteiger partial charge in [0.15, 0.2) is 0 Å². The van der Waals surface area contributed by atoms with Crippen LogP contribution < -0.4 is 0 Å². The highest BCUT2D eigenvalue weighted by Crippen LogP contribution is 2.68. The molecule has 9 atom stereocenters. The van der Waals surface area contributed by atoms with Gasteiger partial charge in [-0.25, -0.2) is 0 Å². The number of esters is 2. The zero-order chi connectivity index (χ0) is 25.8. The van der Waals surface area contributed by atoms with E-state index < -0.39 is 0 Å². The number of hydrogen-bond acceptors (Lipinski definition) is 5. The van der Waals surface area contributed by atoms with Gasteiger partial charge in [0.1, 0.15) is 12.2 Å². The molecule has 5 rings (SSSR count). The molecule has 0 N–H and O–H groups in total. The minimum absolute atomic E-state index is 0.0271. The van der Waals surface area contributed by atoms with Crippen molar-refractivity contribution in [3.05, 3.63) is 41.2 Å². The standard InChI is InChI=1S/C31H43NO4/c1-18-7-10-27(32-17-18)19(2)29-28(36-21(4)34)16-26-24-9-8-22-15-23(35-20(3)33)11-13-30(22,5)25(24)12-14-31(26,29)6/h7-8,10,17,19,23-26,28-29H,9,11-16H2,1-6H3/t19-,23+,24-,25+,26+,28+,29+,30+,31+/m1/s1. The van der Waals surface area contributed by atoms with Crippen molar-refractivity contribution in [1.29, 1.82) is 0 Å². The highest BCUT2D eigenvalue weighted by atomic mass is 16.5. The molecular weight excluding hydrogens is 450 g/mol. The van der Waals surface area contributed by atoms with E-state index in [1.807, 2.05) is 6.20 Å². The highest BCUT2D eigenvalue weighted by Gasteiger charge is 2.63. The number of allylic oxidation sites excluding steroid dienone is 1. The van der Waals surface area contributed by atoms with Crippen LogP contribution in [0.3, 0.4) is 0 Å². The molecule has 4 aliphatic rings. The molecule has 0 radical (unpaired) electrons. The van der Waals surface area contributed by atoms with E-state index in [-0.39, 0.29) is 46.8 Å². The molecule has 3 fully saturated rings. The molecule has 1 aromatic heterocycles. The van der Waals surface area contributed by atoms with E-state index in [9.17, 15) is 9.59 Å². The van der Waals surface area contributed by atoms with Gasteiger partial charge in [-0.3, -0.25) is 14.6 Å². The van der Waals surface area contributed by atoms with Gasteiger partial charge in [-0.2, -0.15) is 0 Å². The minimum atomic E-state index is -0.172. The fraction of sp³-hybridized carbons (Fsp3) is 0.710. The first-order valence-electron chi connectivity index (χ1n) is 14.0. The topological polar surface area (TPSA) is 65.5 Å². The van der Waals surface area contributed by atoms with Crippen molar-refractivity contribution in [3.63, 3.8) is 0 Å². The molecule has 1 aromatic rings. The molecule has 0 bridgehead atoms. The molecule has 5 heteroatoms. The molecule has 36 heavy (non-hydrogen) atoms. The van der Waals surface area contributed by atoms with Crippen LogP contribution in [0.2, 0.25) is 0 Å². The molecule has 196 valence electrons. The second kappa shape index (κ2) is 9.29. The van der Waals surface area contributed by atoms with Crippen LogP contribution in [-0.4, -0.2) is 29.1 Å². The van der Waals surface area contributed by atoms with Gasteiger partial charge < -0.3 is 9.47 Å². The molecule has 3 saturated carbocycles. The first-order chi connectivity index (χ1) is 17.0. The second-order valence-electron chi connectivity index (χ2n) is 12.7. The molecule has 0 saturated heterocycles. The second-order valence-corrected chi connectivity index (χ2v) is 12.7. The van der Waals surface area contributed by atoms with E-state index in [1.165, 1.54) is 24.5 Å². The predicted molar refractivity (Wildman–Crippen MR) is 139 cm³/mol. The quantitative estimate of drug-likeness (QED) is 0.352. The summed E-state index contributed by atoms with van der Waals surface area (Å²) in [7, 11) is 0. The average Bonchev–Trinajstić information content (AvgIpc) is 3.10. The third kappa shape index (κ3) is 4.20. The monoisotopic (exact) mass is 493 g/mol. The SMILES string of the molecule is CC(=O)O[C@H]1CC[C@@]2(C)C(=CC[C@H]3[C@@H]4C[C@H](OC(C)=O)[C@H]([C@H](C)c5ccc(C)cn5)[C@@]4(C)CC[C@@H]32)C1. The van der Waals surface area contributed by atoms with Crippen LogP contribution in [0.25, 0.3) is 0 Å². The van der Waals surface area contributed by atoms with Crippen LogP contribution in [0.15, 0.2) is 30.0 Å². The average molecular weight is 494 g/mol. The maximum atomic E-state index is 12.2.